The number of nitrogens with one attached hydrogen (secondary N) is 2. The molecular formula is C24H29N5OS. The first kappa shape index (κ1) is 21.4. The molecule has 2 aromatic carbocycles. The van der Waals surface area contributed by atoms with E-state index in [9.17, 15) is 4.79 Å². The van der Waals surface area contributed by atoms with Crippen LogP contribution in [0.15, 0.2) is 47.6 Å². The fraction of sp³-hybridized carbons (Fsp3) is 0.375. The summed E-state index contributed by atoms with van der Waals surface area (Å²) < 4.78 is 1.95. The van der Waals surface area contributed by atoms with Gasteiger partial charge in [-0.3, -0.25) is 4.79 Å². The van der Waals surface area contributed by atoms with E-state index in [1.165, 1.54) is 17.3 Å². The van der Waals surface area contributed by atoms with Crippen LogP contribution in [0.25, 0.3) is 0 Å². The normalized spacial score (nSPS) is 17.7. The number of aryl methyl sites for hydroxylation is 3. The second-order valence-corrected chi connectivity index (χ2v) is 9.07. The van der Waals surface area contributed by atoms with E-state index >= 15 is 0 Å². The van der Waals surface area contributed by atoms with Crippen molar-refractivity contribution in [3.05, 3.63) is 70.5 Å². The Bertz CT molecular complexity index is 1080. The van der Waals surface area contributed by atoms with Gasteiger partial charge in [-0.15, -0.1) is 10.2 Å². The minimum atomic E-state index is -0.376. The van der Waals surface area contributed by atoms with E-state index < -0.39 is 0 Å². The zero-order valence-electron chi connectivity index (χ0n) is 18.5. The number of rotatable bonds is 6. The maximum atomic E-state index is 13.5. The summed E-state index contributed by atoms with van der Waals surface area (Å²) in [5.74, 6) is 0.857. The van der Waals surface area contributed by atoms with E-state index in [0.29, 0.717) is 0 Å². The summed E-state index contributed by atoms with van der Waals surface area (Å²) in [5, 5.41) is 12.2. The molecule has 0 spiro atoms. The fourth-order valence-corrected chi connectivity index (χ4v) is 4.88. The number of benzene rings is 2. The average Bonchev–Trinajstić information content (AvgIpc) is 3.18. The quantitative estimate of drug-likeness (QED) is 0.581. The molecule has 0 bridgehead atoms. The number of anilines is 1. The Morgan fingerprint density at radius 1 is 1.13 bits per heavy atom. The van der Waals surface area contributed by atoms with Crippen LogP contribution in [-0.2, 0) is 17.6 Å². The van der Waals surface area contributed by atoms with Crippen molar-refractivity contribution >= 4 is 23.4 Å². The molecule has 6 nitrogen and oxygen atoms in total. The van der Waals surface area contributed by atoms with Crippen molar-refractivity contribution in [3.8, 4) is 0 Å². The smallest absolute Gasteiger partial charge is 0.240 e. The van der Waals surface area contributed by atoms with Crippen molar-refractivity contribution in [1.82, 2.24) is 14.9 Å². The van der Waals surface area contributed by atoms with Gasteiger partial charge in [0.05, 0.1) is 6.04 Å². The molecular weight excluding hydrogens is 406 g/mol. The maximum absolute atomic E-state index is 13.5. The van der Waals surface area contributed by atoms with Gasteiger partial charge >= 0.3 is 0 Å². The van der Waals surface area contributed by atoms with Gasteiger partial charge < -0.3 is 10.7 Å². The van der Waals surface area contributed by atoms with Crippen LogP contribution in [0.4, 0.5) is 5.69 Å². The molecule has 7 heteroatoms. The van der Waals surface area contributed by atoms with Gasteiger partial charge in [0.1, 0.15) is 5.25 Å². The minimum Gasteiger partial charge on any atom is -0.325 e. The number of thioether (sulfide) groups is 1. The van der Waals surface area contributed by atoms with Crippen molar-refractivity contribution in [2.45, 2.75) is 63.4 Å². The number of hydrogen-bond donors (Lipinski definition) is 2. The molecule has 2 heterocycles. The zero-order chi connectivity index (χ0) is 22.0. The first-order valence-electron chi connectivity index (χ1n) is 10.8. The molecule has 0 fully saturated rings. The number of carbonyl (C=O) groups excluding carboxylic acids is 1. The lowest BCUT2D eigenvalue weighted by Crippen LogP contribution is -2.41. The highest BCUT2D eigenvalue weighted by Gasteiger charge is 2.37. The SMILES string of the molecule is CCCc1nnc2n1N[C@@H](c1ccc(CC)cc1)[C@@H](C(=O)Nc1cccc(C)c1C)S2. The molecule has 0 radical (unpaired) electrons. The molecule has 2 atom stereocenters. The van der Waals surface area contributed by atoms with Crippen LogP contribution in [0.1, 0.15) is 54.4 Å². The van der Waals surface area contributed by atoms with Gasteiger partial charge in [-0.1, -0.05) is 62.0 Å². The molecule has 4 rings (SSSR count). The van der Waals surface area contributed by atoms with Crippen LogP contribution in [-0.4, -0.2) is 26.0 Å². The van der Waals surface area contributed by atoms with Crippen LogP contribution in [0, 0.1) is 13.8 Å². The van der Waals surface area contributed by atoms with Crippen LogP contribution >= 0.6 is 11.8 Å². The molecule has 1 amide bonds. The Kier molecular flexibility index (Phi) is 6.32. The first-order chi connectivity index (χ1) is 15.0. The van der Waals surface area contributed by atoms with E-state index in [0.717, 1.165) is 52.6 Å². The average molecular weight is 436 g/mol. The van der Waals surface area contributed by atoms with Gasteiger partial charge in [0.2, 0.25) is 11.1 Å². The molecule has 1 aromatic heterocycles. The topological polar surface area (TPSA) is 71.8 Å². The second-order valence-electron chi connectivity index (χ2n) is 7.96. The predicted molar refractivity (Wildman–Crippen MR) is 126 cm³/mol. The van der Waals surface area contributed by atoms with Crippen LogP contribution in [0.2, 0.25) is 0 Å². The summed E-state index contributed by atoms with van der Waals surface area (Å²) in [4.78, 5) is 13.5. The Hall–Kier alpha value is -2.80. The molecule has 1 aliphatic heterocycles. The fourth-order valence-electron chi connectivity index (χ4n) is 3.79. The highest BCUT2D eigenvalue weighted by atomic mass is 32.2. The molecule has 162 valence electrons. The molecule has 0 saturated carbocycles. The van der Waals surface area contributed by atoms with Crippen LogP contribution in [0.3, 0.4) is 0 Å². The van der Waals surface area contributed by atoms with E-state index in [4.69, 9.17) is 0 Å². The summed E-state index contributed by atoms with van der Waals surface area (Å²) in [6, 6.07) is 14.3. The summed E-state index contributed by atoms with van der Waals surface area (Å²) in [5.41, 5.74) is 8.98. The Balaban J connectivity index is 1.68. The largest absolute Gasteiger partial charge is 0.325 e. The summed E-state index contributed by atoms with van der Waals surface area (Å²) in [6.45, 7) is 8.35. The lowest BCUT2D eigenvalue weighted by atomic mass is 10.0. The van der Waals surface area contributed by atoms with Crippen LogP contribution < -0.4 is 10.7 Å². The number of carbonyl (C=O) groups is 1. The summed E-state index contributed by atoms with van der Waals surface area (Å²) in [7, 11) is 0. The maximum Gasteiger partial charge on any atom is 0.240 e. The van der Waals surface area contributed by atoms with Gasteiger partial charge in [-0.25, -0.2) is 4.68 Å². The number of amides is 1. The lowest BCUT2D eigenvalue weighted by molar-refractivity contribution is -0.116. The van der Waals surface area contributed by atoms with Gasteiger partial charge in [-0.2, -0.15) is 0 Å². The molecule has 2 N–H and O–H groups in total. The highest BCUT2D eigenvalue weighted by Crippen LogP contribution is 2.38. The Labute approximate surface area is 187 Å². The molecule has 0 aliphatic carbocycles. The Morgan fingerprint density at radius 3 is 2.61 bits per heavy atom. The summed E-state index contributed by atoms with van der Waals surface area (Å²) >= 11 is 1.47. The van der Waals surface area contributed by atoms with Crippen molar-refractivity contribution in [2.75, 3.05) is 10.7 Å². The standard InChI is InChI=1S/C24H29N5OS/c1-5-8-20-26-27-24-29(20)28-21(18-13-11-17(6-2)12-14-18)22(31-24)23(30)25-19-10-7-9-15(3)16(19)4/h7,9-14,21-22,28H,5-6,8H2,1-4H3,(H,25,30)/t21-,22-/m0/s1. The van der Waals surface area contributed by atoms with Crippen molar-refractivity contribution in [2.24, 2.45) is 0 Å². The van der Waals surface area contributed by atoms with E-state index in [-0.39, 0.29) is 17.2 Å². The minimum absolute atomic E-state index is 0.0398. The van der Waals surface area contributed by atoms with Crippen molar-refractivity contribution in [3.63, 3.8) is 0 Å². The third-order valence-electron chi connectivity index (χ3n) is 5.85. The second kappa shape index (κ2) is 9.14. The van der Waals surface area contributed by atoms with Crippen molar-refractivity contribution in [1.29, 1.82) is 0 Å². The van der Waals surface area contributed by atoms with Gasteiger partial charge in [0, 0.05) is 12.1 Å². The third-order valence-corrected chi connectivity index (χ3v) is 7.06. The number of nitrogens with zero attached hydrogens (tertiary/aromatic N) is 3. The molecule has 0 unspecified atom stereocenters. The monoisotopic (exact) mass is 435 g/mol. The van der Waals surface area contributed by atoms with Crippen molar-refractivity contribution < 1.29 is 4.79 Å². The highest BCUT2D eigenvalue weighted by molar-refractivity contribution is 8.00. The van der Waals surface area contributed by atoms with E-state index in [1.807, 2.05) is 23.7 Å². The number of aromatic nitrogens is 3. The molecule has 1 aliphatic rings. The van der Waals surface area contributed by atoms with Gasteiger partial charge in [0.25, 0.3) is 0 Å². The molecule has 31 heavy (non-hydrogen) atoms. The third kappa shape index (κ3) is 4.32. The molecule has 3 aromatic rings. The zero-order valence-corrected chi connectivity index (χ0v) is 19.3. The van der Waals surface area contributed by atoms with Gasteiger partial charge in [0.15, 0.2) is 5.82 Å². The lowest BCUT2D eigenvalue weighted by Gasteiger charge is -2.33. The number of hydrogen-bond acceptors (Lipinski definition) is 5. The van der Waals surface area contributed by atoms with Crippen LogP contribution in [0.5, 0.6) is 0 Å². The van der Waals surface area contributed by atoms with Gasteiger partial charge in [-0.05, 0) is 55.0 Å². The van der Waals surface area contributed by atoms with E-state index in [2.05, 4.69) is 72.0 Å². The summed E-state index contributed by atoms with van der Waals surface area (Å²) in [6.07, 6.45) is 2.80. The first-order valence-corrected chi connectivity index (χ1v) is 11.7. The molecule has 0 saturated heterocycles. The Morgan fingerprint density at radius 2 is 1.90 bits per heavy atom. The number of fused-ring (bicyclic) bond motifs is 1. The predicted octanol–water partition coefficient (Wildman–Crippen LogP) is 4.81. The van der Waals surface area contributed by atoms with E-state index in [1.54, 1.807) is 0 Å².